The van der Waals surface area contributed by atoms with Crippen molar-refractivity contribution < 1.29 is 4.74 Å². The van der Waals surface area contributed by atoms with E-state index in [1.165, 1.54) is 0 Å². The molecule has 15 heavy (non-hydrogen) atoms. The van der Waals surface area contributed by atoms with Gasteiger partial charge in [0.05, 0.1) is 24.4 Å². The van der Waals surface area contributed by atoms with Crippen molar-refractivity contribution in [1.29, 1.82) is 5.26 Å². The highest BCUT2D eigenvalue weighted by Crippen LogP contribution is 2.27. The second-order valence-corrected chi connectivity index (χ2v) is 3.43. The SMILES string of the molecule is COc1ccc(Cl)cc1/C(N)=C(/C)C#N. The zero-order valence-corrected chi connectivity index (χ0v) is 9.30. The lowest BCUT2D eigenvalue weighted by Crippen LogP contribution is -2.01. The Hall–Kier alpha value is -1.66. The van der Waals surface area contributed by atoms with Crippen LogP contribution in [-0.4, -0.2) is 7.11 Å². The third kappa shape index (κ3) is 2.42. The summed E-state index contributed by atoms with van der Waals surface area (Å²) in [7, 11) is 1.54. The van der Waals surface area contributed by atoms with Gasteiger partial charge in [-0.05, 0) is 25.1 Å². The van der Waals surface area contributed by atoms with E-state index in [2.05, 4.69) is 0 Å². The fourth-order valence-corrected chi connectivity index (χ4v) is 1.33. The van der Waals surface area contributed by atoms with Crippen LogP contribution in [0.3, 0.4) is 0 Å². The summed E-state index contributed by atoms with van der Waals surface area (Å²) >= 11 is 5.85. The van der Waals surface area contributed by atoms with Crippen LogP contribution in [0.1, 0.15) is 12.5 Å². The molecule has 2 N–H and O–H groups in total. The Morgan fingerprint density at radius 3 is 2.73 bits per heavy atom. The van der Waals surface area contributed by atoms with Crippen LogP contribution < -0.4 is 10.5 Å². The molecular formula is C11H11ClN2O. The molecule has 0 amide bonds. The van der Waals surface area contributed by atoms with Crippen LogP contribution in [0.4, 0.5) is 0 Å². The van der Waals surface area contributed by atoms with Crippen molar-refractivity contribution in [3.8, 4) is 11.8 Å². The number of nitriles is 1. The zero-order valence-electron chi connectivity index (χ0n) is 8.54. The van der Waals surface area contributed by atoms with Crippen molar-refractivity contribution in [1.82, 2.24) is 0 Å². The molecule has 0 spiro atoms. The zero-order chi connectivity index (χ0) is 11.4. The average Bonchev–Trinajstić information content (AvgIpc) is 2.27. The first-order chi connectivity index (χ1) is 7.10. The highest BCUT2D eigenvalue weighted by molar-refractivity contribution is 6.30. The monoisotopic (exact) mass is 222 g/mol. The standard InChI is InChI=1S/C11H11ClN2O/c1-7(6-13)11(14)9-5-8(12)3-4-10(9)15-2/h3-5H,14H2,1-2H3/b11-7+. The first kappa shape index (κ1) is 11.4. The summed E-state index contributed by atoms with van der Waals surface area (Å²) in [4.78, 5) is 0. The van der Waals surface area contributed by atoms with E-state index in [9.17, 15) is 0 Å². The molecule has 0 saturated carbocycles. The number of benzene rings is 1. The number of halogens is 1. The van der Waals surface area contributed by atoms with E-state index < -0.39 is 0 Å². The largest absolute Gasteiger partial charge is 0.496 e. The maximum atomic E-state index is 8.74. The third-order valence-corrected chi connectivity index (χ3v) is 2.26. The minimum atomic E-state index is 0.386. The maximum absolute atomic E-state index is 8.74. The van der Waals surface area contributed by atoms with Crippen LogP contribution in [0.2, 0.25) is 5.02 Å². The van der Waals surface area contributed by atoms with Gasteiger partial charge < -0.3 is 10.5 Å². The van der Waals surface area contributed by atoms with Crippen molar-refractivity contribution in [2.45, 2.75) is 6.92 Å². The van der Waals surface area contributed by atoms with Crippen LogP contribution in [0.5, 0.6) is 5.75 Å². The first-order valence-electron chi connectivity index (χ1n) is 4.30. The molecule has 1 aromatic carbocycles. The summed E-state index contributed by atoms with van der Waals surface area (Å²) in [5, 5.41) is 9.29. The minimum absolute atomic E-state index is 0.386. The van der Waals surface area contributed by atoms with Gasteiger partial charge in [0.15, 0.2) is 0 Å². The molecule has 0 saturated heterocycles. The fourth-order valence-electron chi connectivity index (χ4n) is 1.15. The summed E-state index contributed by atoms with van der Waals surface area (Å²) < 4.78 is 5.13. The van der Waals surface area contributed by atoms with E-state index in [1.54, 1.807) is 32.2 Å². The van der Waals surface area contributed by atoms with Crippen LogP contribution in [-0.2, 0) is 0 Å². The van der Waals surface area contributed by atoms with Gasteiger partial charge in [-0.2, -0.15) is 5.26 Å². The minimum Gasteiger partial charge on any atom is -0.496 e. The Balaban J connectivity index is 3.37. The first-order valence-corrected chi connectivity index (χ1v) is 4.68. The lowest BCUT2D eigenvalue weighted by molar-refractivity contribution is 0.413. The normalized spacial score (nSPS) is 11.6. The Labute approximate surface area is 93.7 Å². The van der Waals surface area contributed by atoms with Crippen LogP contribution >= 0.6 is 11.6 Å². The van der Waals surface area contributed by atoms with Crippen LogP contribution in [0.25, 0.3) is 5.70 Å². The Morgan fingerprint density at radius 1 is 1.53 bits per heavy atom. The molecule has 0 aliphatic carbocycles. The molecule has 4 heteroatoms. The van der Waals surface area contributed by atoms with E-state index >= 15 is 0 Å². The van der Waals surface area contributed by atoms with Crippen molar-refractivity contribution in [3.05, 3.63) is 34.4 Å². The molecule has 3 nitrogen and oxygen atoms in total. The van der Waals surface area contributed by atoms with Crippen molar-refractivity contribution in [3.63, 3.8) is 0 Å². The molecule has 1 rings (SSSR count). The molecule has 78 valence electrons. The van der Waals surface area contributed by atoms with Crippen LogP contribution in [0.15, 0.2) is 23.8 Å². The second kappa shape index (κ2) is 4.72. The number of hydrogen-bond donors (Lipinski definition) is 1. The molecule has 0 aromatic heterocycles. The van der Waals surface area contributed by atoms with E-state index in [1.807, 2.05) is 6.07 Å². The number of ether oxygens (including phenoxy) is 1. The predicted molar refractivity (Wildman–Crippen MR) is 60.4 cm³/mol. The highest BCUT2D eigenvalue weighted by atomic mass is 35.5. The number of methoxy groups -OCH3 is 1. The lowest BCUT2D eigenvalue weighted by atomic mass is 10.1. The maximum Gasteiger partial charge on any atom is 0.128 e. The molecule has 0 aliphatic rings. The summed E-state index contributed by atoms with van der Waals surface area (Å²) in [5.41, 5.74) is 7.28. The van der Waals surface area contributed by atoms with Crippen molar-refractivity contribution >= 4 is 17.3 Å². The highest BCUT2D eigenvalue weighted by Gasteiger charge is 2.08. The van der Waals surface area contributed by atoms with E-state index in [4.69, 9.17) is 27.3 Å². The van der Waals surface area contributed by atoms with Gasteiger partial charge >= 0.3 is 0 Å². The number of nitrogens with zero attached hydrogens (tertiary/aromatic N) is 1. The van der Waals surface area contributed by atoms with Gasteiger partial charge in [-0.15, -0.1) is 0 Å². The summed E-state index contributed by atoms with van der Waals surface area (Å²) in [6.07, 6.45) is 0. The van der Waals surface area contributed by atoms with Gasteiger partial charge in [0.1, 0.15) is 5.75 Å². The Morgan fingerprint density at radius 2 is 2.20 bits per heavy atom. The third-order valence-electron chi connectivity index (χ3n) is 2.02. The van der Waals surface area contributed by atoms with Crippen molar-refractivity contribution in [2.75, 3.05) is 7.11 Å². The number of hydrogen-bond acceptors (Lipinski definition) is 3. The second-order valence-electron chi connectivity index (χ2n) is 3.00. The van der Waals surface area contributed by atoms with Gasteiger partial charge in [0, 0.05) is 10.6 Å². The smallest absolute Gasteiger partial charge is 0.128 e. The summed E-state index contributed by atoms with van der Waals surface area (Å²) in [5.74, 6) is 0.603. The van der Waals surface area contributed by atoms with E-state index in [0.29, 0.717) is 27.6 Å². The molecule has 0 aliphatic heterocycles. The average molecular weight is 223 g/mol. The Kier molecular flexibility index (Phi) is 3.59. The molecule has 0 radical (unpaired) electrons. The molecule has 0 atom stereocenters. The fraction of sp³-hybridized carbons (Fsp3) is 0.182. The van der Waals surface area contributed by atoms with Gasteiger partial charge in [0.25, 0.3) is 0 Å². The number of nitrogens with two attached hydrogens (primary N) is 1. The number of allylic oxidation sites excluding steroid dienone is 1. The van der Waals surface area contributed by atoms with Crippen molar-refractivity contribution in [2.24, 2.45) is 5.73 Å². The van der Waals surface area contributed by atoms with Gasteiger partial charge in [-0.3, -0.25) is 0 Å². The quantitative estimate of drug-likeness (QED) is 0.783. The summed E-state index contributed by atoms with van der Waals surface area (Å²) in [6, 6.07) is 7.09. The lowest BCUT2D eigenvalue weighted by Gasteiger charge is -2.09. The van der Waals surface area contributed by atoms with E-state index in [-0.39, 0.29) is 0 Å². The van der Waals surface area contributed by atoms with Gasteiger partial charge in [0.2, 0.25) is 0 Å². The molecule has 0 unspecified atom stereocenters. The Bertz CT molecular complexity index is 446. The molecule has 0 heterocycles. The molecule has 0 bridgehead atoms. The van der Waals surface area contributed by atoms with Crippen LogP contribution in [0, 0.1) is 11.3 Å². The topological polar surface area (TPSA) is 59.0 Å². The molecular weight excluding hydrogens is 212 g/mol. The van der Waals surface area contributed by atoms with Gasteiger partial charge in [-0.1, -0.05) is 11.6 Å². The van der Waals surface area contributed by atoms with E-state index in [0.717, 1.165) is 0 Å². The summed E-state index contributed by atoms with van der Waals surface area (Å²) in [6.45, 7) is 1.65. The number of rotatable bonds is 2. The molecule has 1 aromatic rings. The van der Waals surface area contributed by atoms with Gasteiger partial charge in [-0.25, -0.2) is 0 Å². The molecule has 0 fully saturated rings. The predicted octanol–water partition coefficient (Wildman–Crippen LogP) is 2.56.